The smallest absolute Gasteiger partial charge is 0.180 e. The molecule has 3 N–H and O–H groups in total. The van der Waals surface area contributed by atoms with Gasteiger partial charge in [-0.3, -0.25) is 0 Å². The van der Waals surface area contributed by atoms with Gasteiger partial charge in [-0.2, -0.15) is 0 Å². The molecular formula is C10H11NO3. The predicted octanol–water partition coefficient (Wildman–Crippen LogP) is 1.61. The third-order valence-corrected chi connectivity index (χ3v) is 2.13. The molecule has 74 valence electrons. The van der Waals surface area contributed by atoms with Gasteiger partial charge in [-0.05, 0) is 12.1 Å². The lowest BCUT2D eigenvalue weighted by Gasteiger charge is -1.98. The van der Waals surface area contributed by atoms with E-state index in [-0.39, 0.29) is 12.3 Å². The number of benzene rings is 1. The zero-order valence-corrected chi connectivity index (χ0v) is 7.78. The molecule has 0 fully saturated rings. The highest BCUT2D eigenvalue weighted by molar-refractivity contribution is 5.89. The lowest BCUT2D eigenvalue weighted by atomic mass is 10.2. The second kappa shape index (κ2) is 3.23. The monoisotopic (exact) mass is 193 g/mol. The van der Waals surface area contributed by atoms with Crippen LogP contribution < -0.4 is 10.5 Å². The van der Waals surface area contributed by atoms with Gasteiger partial charge in [-0.25, -0.2) is 0 Å². The SMILES string of the molecule is COc1cccc2c(O)c(CN)oc12. The van der Waals surface area contributed by atoms with Gasteiger partial charge in [0.2, 0.25) is 0 Å². The molecule has 0 aliphatic carbocycles. The van der Waals surface area contributed by atoms with Crippen LogP contribution in [-0.2, 0) is 6.54 Å². The molecule has 0 saturated heterocycles. The van der Waals surface area contributed by atoms with Crippen LogP contribution in [0.2, 0.25) is 0 Å². The molecule has 0 spiro atoms. The van der Waals surface area contributed by atoms with Gasteiger partial charge < -0.3 is 20.0 Å². The van der Waals surface area contributed by atoms with Crippen molar-refractivity contribution in [2.45, 2.75) is 6.54 Å². The van der Waals surface area contributed by atoms with Gasteiger partial charge in [-0.1, -0.05) is 6.07 Å². The van der Waals surface area contributed by atoms with Crippen molar-refractivity contribution < 1.29 is 14.3 Å². The van der Waals surface area contributed by atoms with Gasteiger partial charge in [0.25, 0.3) is 0 Å². The molecule has 4 nitrogen and oxygen atoms in total. The summed E-state index contributed by atoms with van der Waals surface area (Å²) in [6.07, 6.45) is 0. The van der Waals surface area contributed by atoms with Crippen LogP contribution >= 0.6 is 0 Å². The fourth-order valence-corrected chi connectivity index (χ4v) is 1.43. The summed E-state index contributed by atoms with van der Waals surface area (Å²) in [7, 11) is 1.55. The Bertz CT molecular complexity index is 462. The number of para-hydroxylation sites is 1. The van der Waals surface area contributed by atoms with E-state index in [1.807, 2.05) is 0 Å². The highest BCUT2D eigenvalue weighted by Gasteiger charge is 2.14. The number of hydrogen-bond acceptors (Lipinski definition) is 4. The third-order valence-electron chi connectivity index (χ3n) is 2.13. The third kappa shape index (κ3) is 1.12. The van der Waals surface area contributed by atoms with Crippen molar-refractivity contribution in [3.05, 3.63) is 24.0 Å². The van der Waals surface area contributed by atoms with Crippen molar-refractivity contribution in [1.82, 2.24) is 0 Å². The summed E-state index contributed by atoms with van der Waals surface area (Å²) >= 11 is 0. The van der Waals surface area contributed by atoms with Crippen LogP contribution in [0.4, 0.5) is 0 Å². The van der Waals surface area contributed by atoms with E-state index in [4.69, 9.17) is 14.9 Å². The van der Waals surface area contributed by atoms with Crippen molar-refractivity contribution in [3.8, 4) is 11.5 Å². The molecule has 0 aliphatic rings. The second-order valence-corrected chi connectivity index (χ2v) is 2.91. The molecule has 0 unspecified atom stereocenters. The van der Waals surface area contributed by atoms with E-state index in [2.05, 4.69) is 0 Å². The Balaban J connectivity index is 2.77. The van der Waals surface area contributed by atoms with Crippen molar-refractivity contribution in [3.63, 3.8) is 0 Å². The lowest BCUT2D eigenvalue weighted by molar-refractivity contribution is 0.404. The minimum absolute atomic E-state index is 0.0985. The van der Waals surface area contributed by atoms with E-state index < -0.39 is 0 Å². The minimum atomic E-state index is 0.0985. The number of aromatic hydroxyl groups is 1. The lowest BCUT2D eigenvalue weighted by Crippen LogP contribution is -1.93. The van der Waals surface area contributed by atoms with Crippen molar-refractivity contribution in [1.29, 1.82) is 0 Å². The van der Waals surface area contributed by atoms with E-state index >= 15 is 0 Å². The summed E-state index contributed by atoms with van der Waals surface area (Å²) in [5.41, 5.74) is 5.95. The maximum Gasteiger partial charge on any atom is 0.180 e. The average molecular weight is 193 g/mol. The number of rotatable bonds is 2. The Morgan fingerprint density at radius 2 is 2.29 bits per heavy atom. The van der Waals surface area contributed by atoms with E-state index in [0.717, 1.165) is 0 Å². The van der Waals surface area contributed by atoms with Crippen LogP contribution in [0.1, 0.15) is 5.76 Å². The first kappa shape index (κ1) is 8.90. The van der Waals surface area contributed by atoms with Crippen LogP contribution in [0, 0.1) is 0 Å². The van der Waals surface area contributed by atoms with Crippen LogP contribution in [0.5, 0.6) is 11.5 Å². The molecule has 0 aliphatic heterocycles. The molecule has 1 heterocycles. The van der Waals surface area contributed by atoms with Crippen molar-refractivity contribution in [2.75, 3.05) is 7.11 Å². The molecule has 1 aromatic carbocycles. The van der Waals surface area contributed by atoms with Gasteiger partial charge in [0.15, 0.2) is 22.8 Å². The van der Waals surface area contributed by atoms with Crippen LogP contribution in [0.15, 0.2) is 22.6 Å². The Hall–Kier alpha value is -1.68. The number of fused-ring (bicyclic) bond motifs is 1. The molecule has 14 heavy (non-hydrogen) atoms. The number of furan rings is 1. The second-order valence-electron chi connectivity index (χ2n) is 2.91. The quantitative estimate of drug-likeness (QED) is 0.760. The number of nitrogens with two attached hydrogens (primary N) is 1. The van der Waals surface area contributed by atoms with E-state index in [9.17, 15) is 5.11 Å². The molecule has 0 atom stereocenters. The molecule has 0 amide bonds. The predicted molar refractivity (Wildman–Crippen MR) is 52.3 cm³/mol. The van der Waals surface area contributed by atoms with Crippen molar-refractivity contribution in [2.24, 2.45) is 5.73 Å². The first-order valence-corrected chi connectivity index (χ1v) is 4.25. The zero-order chi connectivity index (χ0) is 10.1. The maximum absolute atomic E-state index is 9.68. The Morgan fingerprint density at radius 1 is 1.50 bits per heavy atom. The van der Waals surface area contributed by atoms with Gasteiger partial charge in [0.05, 0.1) is 19.0 Å². The molecule has 0 radical (unpaired) electrons. The highest BCUT2D eigenvalue weighted by Crippen LogP contribution is 2.36. The van der Waals surface area contributed by atoms with Crippen LogP contribution in [-0.4, -0.2) is 12.2 Å². The standard InChI is InChI=1S/C10H11NO3/c1-13-7-4-2-3-6-9(12)8(5-11)14-10(6)7/h2-4,12H,5,11H2,1H3. The summed E-state index contributed by atoms with van der Waals surface area (Å²) in [4.78, 5) is 0. The number of hydrogen-bond donors (Lipinski definition) is 2. The molecule has 0 bridgehead atoms. The molecule has 2 rings (SSSR count). The van der Waals surface area contributed by atoms with Gasteiger partial charge >= 0.3 is 0 Å². The Morgan fingerprint density at radius 3 is 2.93 bits per heavy atom. The summed E-state index contributed by atoms with van der Waals surface area (Å²) in [5.74, 6) is 1.07. The Labute approximate surface area is 80.9 Å². The van der Waals surface area contributed by atoms with Crippen LogP contribution in [0.25, 0.3) is 11.0 Å². The molecule has 4 heteroatoms. The normalized spacial score (nSPS) is 10.7. The van der Waals surface area contributed by atoms with E-state index in [1.54, 1.807) is 25.3 Å². The molecule has 2 aromatic rings. The number of methoxy groups -OCH3 is 1. The van der Waals surface area contributed by atoms with E-state index in [1.165, 1.54) is 0 Å². The fourth-order valence-electron chi connectivity index (χ4n) is 1.43. The van der Waals surface area contributed by atoms with Gasteiger partial charge in [-0.15, -0.1) is 0 Å². The minimum Gasteiger partial charge on any atom is -0.504 e. The van der Waals surface area contributed by atoms with Crippen molar-refractivity contribution >= 4 is 11.0 Å². The summed E-state index contributed by atoms with van der Waals surface area (Å²) in [6, 6.07) is 5.32. The first-order chi connectivity index (χ1) is 6.77. The van der Waals surface area contributed by atoms with Gasteiger partial charge in [0.1, 0.15) is 0 Å². The van der Waals surface area contributed by atoms with Crippen LogP contribution in [0.3, 0.4) is 0 Å². The largest absolute Gasteiger partial charge is 0.504 e. The maximum atomic E-state index is 9.68. The average Bonchev–Trinajstić information content (AvgIpc) is 2.55. The Kier molecular flexibility index (Phi) is 2.05. The summed E-state index contributed by atoms with van der Waals surface area (Å²) in [5, 5.41) is 10.3. The highest BCUT2D eigenvalue weighted by atomic mass is 16.5. The zero-order valence-electron chi connectivity index (χ0n) is 7.78. The summed E-state index contributed by atoms with van der Waals surface area (Å²) < 4.78 is 10.5. The number of ether oxygens (including phenoxy) is 1. The molecular weight excluding hydrogens is 182 g/mol. The van der Waals surface area contributed by atoms with E-state index in [0.29, 0.717) is 22.5 Å². The fraction of sp³-hybridized carbons (Fsp3) is 0.200. The molecule has 1 aromatic heterocycles. The van der Waals surface area contributed by atoms with Gasteiger partial charge in [0, 0.05) is 0 Å². The first-order valence-electron chi connectivity index (χ1n) is 4.25. The molecule has 0 saturated carbocycles. The topological polar surface area (TPSA) is 68.6 Å². The summed E-state index contributed by atoms with van der Waals surface area (Å²) in [6.45, 7) is 0.170.